The molecule has 2 N–H and O–H groups in total. The van der Waals surface area contributed by atoms with Crippen LogP contribution in [0.1, 0.15) is 20.3 Å². The normalized spacial score (nSPS) is 25.1. The number of rotatable bonds is 3. The van der Waals surface area contributed by atoms with Crippen molar-refractivity contribution >= 4 is 15.7 Å². The molecule has 0 spiro atoms. The fraction of sp³-hybridized carbons (Fsp3) is 0.889. The monoisotopic (exact) mass is 235 g/mol. The van der Waals surface area contributed by atoms with Crippen molar-refractivity contribution in [3.8, 4) is 0 Å². The van der Waals surface area contributed by atoms with Crippen molar-refractivity contribution in [1.29, 1.82) is 0 Å². The Hall–Kier alpha value is -0.620. The lowest BCUT2D eigenvalue weighted by Crippen LogP contribution is -2.41. The van der Waals surface area contributed by atoms with Crippen molar-refractivity contribution in [2.75, 3.05) is 18.1 Å². The summed E-state index contributed by atoms with van der Waals surface area (Å²) >= 11 is 0. The Balaban J connectivity index is 2.43. The first-order chi connectivity index (χ1) is 6.70. The number of aliphatic hydroxyl groups is 1. The zero-order chi connectivity index (χ0) is 11.7. The minimum Gasteiger partial charge on any atom is -0.389 e. The van der Waals surface area contributed by atoms with Gasteiger partial charge in [-0.15, -0.1) is 0 Å². The minimum atomic E-state index is -3.02. The van der Waals surface area contributed by atoms with E-state index in [0.29, 0.717) is 6.42 Å². The van der Waals surface area contributed by atoms with Crippen LogP contribution < -0.4 is 5.32 Å². The third-order valence-electron chi connectivity index (χ3n) is 2.30. The zero-order valence-electron chi connectivity index (χ0n) is 8.99. The summed E-state index contributed by atoms with van der Waals surface area (Å²) < 4.78 is 22.2. The molecule has 0 radical (unpaired) electrons. The number of carbonyl (C=O) groups is 1. The molecule has 1 rings (SSSR count). The zero-order valence-corrected chi connectivity index (χ0v) is 9.80. The Labute approximate surface area is 89.8 Å². The van der Waals surface area contributed by atoms with Gasteiger partial charge in [0.2, 0.25) is 5.91 Å². The van der Waals surface area contributed by atoms with Gasteiger partial charge in [-0.3, -0.25) is 4.79 Å². The molecule has 1 fully saturated rings. The average Bonchev–Trinajstić information content (AvgIpc) is 2.40. The van der Waals surface area contributed by atoms with Crippen LogP contribution in [-0.2, 0) is 14.6 Å². The van der Waals surface area contributed by atoms with E-state index in [1.165, 1.54) is 0 Å². The van der Waals surface area contributed by atoms with Crippen molar-refractivity contribution in [2.45, 2.75) is 25.9 Å². The van der Waals surface area contributed by atoms with Crippen molar-refractivity contribution in [3.63, 3.8) is 0 Å². The lowest BCUT2D eigenvalue weighted by molar-refractivity contribution is -0.125. The minimum absolute atomic E-state index is 0.0648. The predicted molar refractivity (Wildman–Crippen MR) is 56.1 cm³/mol. The number of sulfone groups is 1. The van der Waals surface area contributed by atoms with E-state index >= 15 is 0 Å². The summed E-state index contributed by atoms with van der Waals surface area (Å²) in [5.74, 6) is -0.700. The van der Waals surface area contributed by atoms with E-state index < -0.39 is 21.4 Å². The molecule has 15 heavy (non-hydrogen) atoms. The van der Waals surface area contributed by atoms with E-state index in [1.54, 1.807) is 13.8 Å². The quantitative estimate of drug-likeness (QED) is 0.678. The van der Waals surface area contributed by atoms with E-state index in [2.05, 4.69) is 5.32 Å². The maximum absolute atomic E-state index is 11.5. The molecule has 0 aliphatic carbocycles. The van der Waals surface area contributed by atoms with Gasteiger partial charge in [0.05, 0.1) is 23.0 Å². The smallest absolute Gasteiger partial charge is 0.224 e. The van der Waals surface area contributed by atoms with Crippen molar-refractivity contribution in [2.24, 2.45) is 5.92 Å². The van der Waals surface area contributed by atoms with Crippen LogP contribution in [0.3, 0.4) is 0 Å². The van der Waals surface area contributed by atoms with Gasteiger partial charge in [-0.05, 0) is 20.3 Å². The summed E-state index contributed by atoms with van der Waals surface area (Å²) in [6, 6.07) is 0. The SMILES string of the molecule is CC(C)(O)CNC(=O)C1CCS(=O)(=O)C1. The Bertz CT molecular complexity index is 342. The molecular formula is C9H17NO4S. The lowest BCUT2D eigenvalue weighted by atomic mass is 10.1. The van der Waals surface area contributed by atoms with Crippen LogP contribution in [0, 0.1) is 5.92 Å². The first kappa shape index (κ1) is 12.4. The lowest BCUT2D eigenvalue weighted by Gasteiger charge is -2.18. The molecule has 1 unspecified atom stereocenters. The van der Waals surface area contributed by atoms with Gasteiger partial charge in [0, 0.05) is 6.54 Å². The molecule has 1 aliphatic rings. The Kier molecular flexibility index (Phi) is 3.40. The molecule has 6 heteroatoms. The fourth-order valence-corrected chi connectivity index (χ4v) is 3.19. The van der Waals surface area contributed by atoms with Crippen molar-refractivity contribution in [1.82, 2.24) is 5.32 Å². The highest BCUT2D eigenvalue weighted by atomic mass is 32.2. The van der Waals surface area contributed by atoms with E-state index in [4.69, 9.17) is 0 Å². The molecule has 1 saturated heterocycles. The molecule has 0 bridgehead atoms. The topological polar surface area (TPSA) is 83.5 Å². The third-order valence-corrected chi connectivity index (χ3v) is 4.07. The molecule has 1 heterocycles. The van der Waals surface area contributed by atoms with Gasteiger partial charge in [-0.2, -0.15) is 0 Å². The second kappa shape index (κ2) is 4.09. The van der Waals surface area contributed by atoms with Gasteiger partial charge in [0.15, 0.2) is 9.84 Å². The molecule has 1 atom stereocenters. The summed E-state index contributed by atoms with van der Waals surface area (Å²) in [7, 11) is -3.02. The van der Waals surface area contributed by atoms with Gasteiger partial charge in [0.25, 0.3) is 0 Å². The van der Waals surface area contributed by atoms with Crippen molar-refractivity contribution in [3.05, 3.63) is 0 Å². The number of carbonyl (C=O) groups excluding carboxylic acids is 1. The Morgan fingerprint density at radius 1 is 1.53 bits per heavy atom. The van der Waals surface area contributed by atoms with Crippen LogP contribution in [0.15, 0.2) is 0 Å². The summed E-state index contributed by atoms with van der Waals surface area (Å²) in [6.07, 6.45) is 0.389. The van der Waals surface area contributed by atoms with Crippen molar-refractivity contribution < 1.29 is 18.3 Å². The molecule has 1 amide bonds. The first-order valence-corrected chi connectivity index (χ1v) is 6.72. The molecule has 0 aromatic rings. The average molecular weight is 235 g/mol. The standard InChI is InChI=1S/C9H17NO4S/c1-9(2,12)6-10-8(11)7-3-4-15(13,14)5-7/h7,12H,3-6H2,1-2H3,(H,10,11). The van der Waals surface area contributed by atoms with Crippen LogP contribution in [0.4, 0.5) is 0 Å². The highest BCUT2D eigenvalue weighted by molar-refractivity contribution is 7.91. The van der Waals surface area contributed by atoms with Crippen LogP contribution in [-0.4, -0.2) is 43.1 Å². The summed E-state index contributed by atoms with van der Waals surface area (Å²) in [5, 5.41) is 11.9. The molecular weight excluding hydrogens is 218 g/mol. The fourth-order valence-electron chi connectivity index (χ4n) is 1.45. The van der Waals surface area contributed by atoms with E-state index in [-0.39, 0.29) is 24.0 Å². The van der Waals surface area contributed by atoms with Crippen LogP contribution in [0.25, 0.3) is 0 Å². The second-order valence-corrected chi connectivity index (χ2v) is 6.86. The number of nitrogens with one attached hydrogen (secondary N) is 1. The van der Waals surface area contributed by atoms with Crippen LogP contribution >= 0.6 is 0 Å². The van der Waals surface area contributed by atoms with Gasteiger partial charge in [0.1, 0.15) is 0 Å². The predicted octanol–water partition coefficient (Wildman–Crippen LogP) is -0.692. The number of hydrogen-bond acceptors (Lipinski definition) is 4. The molecule has 0 saturated carbocycles. The number of amides is 1. The van der Waals surface area contributed by atoms with Crippen LogP contribution in [0.2, 0.25) is 0 Å². The van der Waals surface area contributed by atoms with E-state index in [9.17, 15) is 18.3 Å². The number of hydrogen-bond donors (Lipinski definition) is 2. The summed E-state index contributed by atoms with van der Waals surface area (Å²) in [4.78, 5) is 11.5. The third kappa shape index (κ3) is 4.17. The molecule has 1 aliphatic heterocycles. The maximum Gasteiger partial charge on any atom is 0.224 e. The molecule has 5 nitrogen and oxygen atoms in total. The molecule has 0 aromatic carbocycles. The highest BCUT2D eigenvalue weighted by Crippen LogP contribution is 2.18. The molecule has 0 aromatic heterocycles. The summed E-state index contributed by atoms with van der Waals surface area (Å²) in [6.45, 7) is 3.31. The Morgan fingerprint density at radius 3 is 2.53 bits per heavy atom. The Morgan fingerprint density at radius 2 is 2.13 bits per heavy atom. The van der Waals surface area contributed by atoms with E-state index in [1.807, 2.05) is 0 Å². The van der Waals surface area contributed by atoms with E-state index in [0.717, 1.165) is 0 Å². The van der Waals surface area contributed by atoms with Gasteiger partial charge < -0.3 is 10.4 Å². The maximum atomic E-state index is 11.5. The summed E-state index contributed by atoms with van der Waals surface area (Å²) in [5.41, 5.74) is -0.965. The van der Waals surface area contributed by atoms with Gasteiger partial charge >= 0.3 is 0 Å². The highest BCUT2D eigenvalue weighted by Gasteiger charge is 2.33. The van der Waals surface area contributed by atoms with Gasteiger partial charge in [-0.25, -0.2) is 8.42 Å². The van der Waals surface area contributed by atoms with Gasteiger partial charge in [-0.1, -0.05) is 0 Å². The first-order valence-electron chi connectivity index (χ1n) is 4.90. The van der Waals surface area contributed by atoms with Crippen LogP contribution in [0.5, 0.6) is 0 Å². The molecule has 88 valence electrons. The largest absolute Gasteiger partial charge is 0.389 e. The second-order valence-electron chi connectivity index (χ2n) is 4.63.